The Morgan fingerprint density at radius 3 is 1.37 bits per heavy atom. The van der Waals surface area contributed by atoms with E-state index in [4.69, 9.17) is 0 Å². The molecule has 0 aliphatic rings. The van der Waals surface area contributed by atoms with Gasteiger partial charge in [-0.2, -0.15) is 0 Å². The molecule has 0 heterocycles. The standard InChI is InChI=1S/C13H28.3C2H6/c1-7-12(9-11(3)4)10-13(5,6)8-2;3*1-2/h11-12H,7-10H2,1-6H3;3*1-2H3. The highest BCUT2D eigenvalue weighted by atomic mass is 14.3. The average molecular weight is 275 g/mol. The third kappa shape index (κ3) is 23.5. The van der Waals surface area contributed by atoms with E-state index in [2.05, 4.69) is 41.5 Å². The molecule has 0 amide bonds. The Balaban J connectivity index is -0.000000163. The van der Waals surface area contributed by atoms with Crippen LogP contribution in [0.3, 0.4) is 0 Å². The fraction of sp³-hybridized carbons (Fsp3) is 1.00. The van der Waals surface area contributed by atoms with Crippen LogP contribution in [0.5, 0.6) is 0 Å². The van der Waals surface area contributed by atoms with E-state index >= 15 is 0 Å². The summed E-state index contributed by atoms with van der Waals surface area (Å²) in [7, 11) is 0. The van der Waals surface area contributed by atoms with E-state index in [1.807, 2.05) is 41.5 Å². The molecule has 0 rings (SSSR count). The van der Waals surface area contributed by atoms with Crippen molar-refractivity contribution < 1.29 is 0 Å². The molecule has 0 aliphatic carbocycles. The first-order valence-corrected chi connectivity index (χ1v) is 8.91. The van der Waals surface area contributed by atoms with Gasteiger partial charge in [-0.3, -0.25) is 0 Å². The Labute approximate surface area is 126 Å². The fourth-order valence-electron chi connectivity index (χ4n) is 1.99. The maximum atomic E-state index is 2.40. The molecule has 0 spiro atoms. The number of hydrogen-bond acceptors (Lipinski definition) is 0. The normalized spacial score (nSPS) is 11.2. The molecule has 0 aromatic rings. The molecule has 0 radical (unpaired) electrons. The summed E-state index contributed by atoms with van der Waals surface area (Å²) in [5.74, 6) is 1.80. The highest BCUT2D eigenvalue weighted by molar-refractivity contribution is 4.72. The van der Waals surface area contributed by atoms with Gasteiger partial charge in [-0.25, -0.2) is 0 Å². The van der Waals surface area contributed by atoms with Crippen molar-refractivity contribution >= 4 is 0 Å². The summed E-state index contributed by atoms with van der Waals surface area (Å²) < 4.78 is 0. The molecule has 0 N–H and O–H groups in total. The lowest BCUT2D eigenvalue weighted by Crippen LogP contribution is -2.17. The molecule has 19 heavy (non-hydrogen) atoms. The lowest BCUT2D eigenvalue weighted by Gasteiger charge is -2.29. The van der Waals surface area contributed by atoms with Gasteiger partial charge in [-0.05, 0) is 30.1 Å². The Morgan fingerprint density at radius 2 is 1.16 bits per heavy atom. The lowest BCUT2D eigenvalue weighted by molar-refractivity contribution is 0.229. The van der Waals surface area contributed by atoms with Gasteiger partial charge in [0, 0.05) is 0 Å². The Bertz CT molecular complexity index is 122. The molecule has 0 aliphatic heterocycles. The first kappa shape index (κ1) is 27.4. The van der Waals surface area contributed by atoms with Gasteiger partial charge in [-0.15, -0.1) is 0 Å². The molecule has 0 saturated carbocycles. The van der Waals surface area contributed by atoms with Crippen LogP contribution in [0, 0.1) is 17.3 Å². The molecule has 0 fully saturated rings. The molecule has 1 atom stereocenters. The van der Waals surface area contributed by atoms with Crippen molar-refractivity contribution in [2.24, 2.45) is 17.3 Å². The SMILES string of the molecule is CC.CC.CC.CCC(CC(C)C)CC(C)(C)CC. The molecule has 1 unspecified atom stereocenters. The van der Waals surface area contributed by atoms with Crippen molar-refractivity contribution in [2.75, 3.05) is 0 Å². The molecule has 0 saturated heterocycles. The predicted molar refractivity (Wildman–Crippen MR) is 96.0 cm³/mol. The van der Waals surface area contributed by atoms with Gasteiger partial charge in [0.05, 0.1) is 0 Å². The van der Waals surface area contributed by atoms with Crippen LogP contribution in [0.2, 0.25) is 0 Å². The van der Waals surface area contributed by atoms with Gasteiger partial charge < -0.3 is 0 Å². The first-order valence-electron chi connectivity index (χ1n) is 8.91. The number of hydrogen-bond donors (Lipinski definition) is 0. The highest BCUT2D eigenvalue weighted by Gasteiger charge is 2.20. The Morgan fingerprint density at radius 1 is 0.789 bits per heavy atom. The minimum absolute atomic E-state index is 0.551. The minimum atomic E-state index is 0.551. The summed E-state index contributed by atoms with van der Waals surface area (Å²) in [6.07, 6.45) is 5.46. The molecule has 0 aromatic carbocycles. The second-order valence-electron chi connectivity index (χ2n) is 5.63. The first-order chi connectivity index (χ1) is 8.91. The molecular formula is C19H46. The Kier molecular flexibility index (Phi) is 29.3. The van der Waals surface area contributed by atoms with Crippen molar-refractivity contribution in [3.8, 4) is 0 Å². The maximum Gasteiger partial charge on any atom is -0.0354 e. The zero-order chi connectivity index (χ0) is 16.5. The third-order valence-corrected chi connectivity index (χ3v) is 3.18. The lowest BCUT2D eigenvalue weighted by atomic mass is 9.77. The van der Waals surface area contributed by atoms with E-state index in [9.17, 15) is 0 Å². The fourth-order valence-corrected chi connectivity index (χ4v) is 1.99. The van der Waals surface area contributed by atoms with Crippen LogP contribution >= 0.6 is 0 Å². The van der Waals surface area contributed by atoms with Crippen molar-refractivity contribution in [3.63, 3.8) is 0 Å². The Hall–Kier alpha value is 0. The van der Waals surface area contributed by atoms with Gasteiger partial charge in [0.25, 0.3) is 0 Å². The van der Waals surface area contributed by atoms with Crippen molar-refractivity contribution in [1.29, 1.82) is 0 Å². The van der Waals surface area contributed by atoms with E-state index in [0.29, 0.717) is 5.41 Å². The van der Waals surface area contributed by atoms with Crippen molar-refractivity contribution in [2.45, 2.75) is 109 Å². The van der Waals surface area contributed by atoms with Crippen LogP contribution in [0.15, 0.2) is 0 Å². The van der Waals surface area contributed by atoms with Crippen LogP contribution in [-0.4, -0.2) is 0 Å². The summed E-state index contributed by atoms with van der Waals surface area (Å²) in [5.41, 5.74) is 0.551. The summed E-state index contributed by atoms with van der Waals surface area (Å²) in [5, 5.41) is 0. The van der Waals surface area contributed by atoms with Crippen LogP contribution in [0.4, 0.5) is 0 Å². The monoisotopic (exact) mass is 274 g/mol. The van der Waals surface area contributed by atoms with E-state index in [0.717, 1.165) is 11.8 Å². The molecular weight excluding hydrogens is 228 g/mol. The van der Waals surface area contributed by atoms with Gasteiger partial charge in [0.2, 0.25) is 0 Å². The molecule has 0 aromatic heterocycles. The topological polar surface area (TPSA) is 0 Å². The van der Waals surface area contributed by atoms with Crippen LogP contribution in [0.1, 0.15) is 109 Å². The summed E-state index contributed by atoms with van der Waals surface area (Å²) in [6.45, 7) is 26.1. The van der Waals surface area contributed by atoms with Crippen LogP contribution in [0.25, 0.3) is 0 Å². The van der Waals surface area contributed by atoms with Crippen LogP contribution < -0.4 is 0 Å². The van der Waals surface area contributed by atoms with E-state index in [-0.39, 0.29) is 0 Å². The highest BCUT2D eigenvalue weighted by Crippen LogP contribution is 2.33. The smallest absolute Gasteiger partial charge is 0.0354 e. The maximum absolute atomic E-state index is 2.40. The van der Waals surface area contributed by atoms with Gasteiger partial charge in [0.15, 0.2) is 0 Å². The van der Waals surface area contributed by atoms with Crippen LogP contribution in [-0.2, 0) is 0 Å². The van der Waals surface area contributed by atoms with Gasteiger partial charge >= 0.3 is 0 Å². The third-order valence-electron chi connectivity index (χ3n) is 3.18. The number of rotatable bonds is 6. The second-order valence-corrected chi connectivity index (χ2v) is 5.63. The van der Waals surface area contributed by atoms with E-state index < -0.39 is 0 Å². The predicted octanol–water partition coefficient (Wildman–Crippen LogP) is 7.96. The zero-order valence-electron chi connectivity index (χ0n) is 16.5. The second kappa shape index (κ2) is 20.3. The van der Waals surface area contributed by atoms with Gasteiger partial charge in [0.1, 0.15) is 0 Å². The molecule has 122 valence electrons. The van der Waals surface area contributed by atoms with E-state index in [1.54, 1.807) is 0 Å². The summed E-state index contributed by atoms with van der Waals surface area (Å²) in [4.78, 5) is 0. The minimum Gasteiger partial charge on any atom is -0.0683 e. The van der Waals surface area contributed by atoms with Crippen molar-refractivity contribution in [1.82, 2.24) is 0 Å². The van der Waals surface area contributed by atoms with Gasteiger partial charge in [-0.1, -0.05) is 95.9 Å². The quantitative estimate of drug-likeness (QED) is 0.460. The average Bonchev–Trinajstić information content (AvgIpc) is 2.44. The molecule has 0 heteroatoms. The van der Waals surface area contributed by atoms with Crippen molar-refractivity contribution in [3.05, 3.63) is 0 Å². The zero-order valence-corrected chi connectivity index (χ0v) is 16.5. The molecule has 0 nitrogen and oxygen atoms in total. The largest absolute Gasteiger partial charge is 0.0683 e. The summed E-state index contributed by atoms with van der Waals surface area (Å²) >= 11 is 0. The molecule has 0 bridgehead atoms. The van der Waals surface area contributed by atoms with E-state index in [1.165, 1.54) is 25.7 Å². The summed E-state index contributed by atoms with van der Waals surface area (Å²) in [6, 6.07) is 0.